The molecule has 2 aromatic carbocycles. The minimum Gasteiger partial charge on any atom is -0.478 e. The summed E-state index contributed by atoms with van der Waals surface area (Å²) in [4.78, 5) is 11.2. The molecule has 0 aliphatic rings. The van der Waals surface area contributed by atoms with Crippen LogP contribution in [-0.2, 0) is 0 Å². The van der Waals surface area contributed by atoms with E-state index in [0.717, 1.165) is 14.8 Å². The zero-order valence-corrected chi connectivity index (χ0v) is 14.1. The molecule has 2 rings (SSSR count). The molecule has 2 aromatic rings. The number of carboxylic acid groups (broad SMARTS) is 1. The molecular formula is C14H10BrFINO2. The Bertz CT molecular complexity index is 691. The molecule has 3 nitrogen and oxygen atoms in total. The van der Waals surface area contributed by atoms with Crippen LogP contribution in [0.2, 0.25) is 0 Å². The summed E-state index contributed by atoms with van der Waals surface area (Å²) in [6, 6.07) is 8.11. The number of hydrogen-bond acceptors (Lipinski definition) is 2. The van der Waals surface area contributed by atoms with Gasteiger partial charge in [0.2, 0.25) is 0 Å². The highest BCUT2D eigenvalue weighted by atomic mass is 127. The van der Waals surface area contributed by atoms with E-state index < -0.39 is 11.8 Å². The Hall–Kier alpha value is -1.15. The molecule has 0 spiro atoms. The summed E-state index contributed by atoms with van der Waals surface area (Å²) in [5.74, 6) is -1.63. The number of aromatic carboxylic acids is 1. The van der Waals surface area contributed by atoms with Crippen LogP contribution in [0.5, 0.6) is 0 Å². The molecule has 104 valence electrons. The summed E-state index contributed by atoms with van der Waals surface area (Å²) in [6.45, 7) is 1.90. The van der Waals surface area contributed by atoms with Gasteiger partial charge in [0.05, 0.1) is 15.7 Å². The molecule has 0 aromatic heterocycles. The Balaban J connectivity index is 2.47. The number of rotatable bonds is 3. The average molecular weight is 450 g/mol. The van der Waals surface area contributed by atoms with E-state index in [9.17, 15) is 14.3 Å². The maximum absolute atomic E-state index is 13.6. The molecule has 0 saturated heterocycles. The molecule has 0 radical (unpaired) electrons. The van der Waals surface area contributed by atoms with Gasteiger partial charge in [-0.25, -0.2) is 9.18 Å². The molecule has 0 aliphatic heterocycles. The third-order valence-electron chi connectivity index (χ3n) is 2.75. The Labute approximate surface area is 137 Å². The highest BCUT2D eigenvalue weighted by molar-refractivity contribution is 14.1. The second-order valence-corrected chi connectivity index (χ2v) is 6.30. The Morgan fingerprint density at radius 2 is 2.00 bits per heavy atom. The Morgan fingerprint density at radius 3 is 2.60 bits per heavy atom. The Morgan fingerprint density at radius 1 is 1.30 bits per heavy atom. The molecule has 0 aliphatic carbocycles. The fourth-order valence-electron chi connectivity index (χ4n) is 1.74. The van der Waals surface area contributed by atoms with Gasteiger partial charge in [0.1, 0.15) is 5.82 Å². The van der Waals surface area contributed by atoms with E-state index in [0.29, 0.717) is 0 Å². The van der Waals surface area contributed by atoms with Crippen molar-refractivity contribution in [2.45, 2.75) is 6.92 Å². The van der Waals surface area contributed by atoms with Crippen LogP contribution < -0.4 is 5.32 Å². The van der Waals surface area contributed by atoms with Gasteiger partial charge in [-0.1, -0.05) is 0 Å². The van der Waals surface area contributed by atoms with Gasteiger partial charge in [-0.3, -0.25) is 0 Å². The van der Waals surface area contributed by atoms with Crippen molar-refractivity contribution in [2.75, 3.05) is 5.32 Å². The number of halogens is 3. The molecule has 2 N–H and O–H groups in total. The van der Waals surface area contributed by atoms with Crippen LogP contribution >= 0.6 is 38.5 Å². The van der Waals surface area contributed by atoms with Crippen LogP contribution in [0.25, 0.3) is 0 Å². The second-order valence-electron chi connectivity index (χ2n) is 4.20. The maximum Gasteiger partial charge on any atom is 0.337 e. The van der Waals surface area contributed by atoms with Crippen molar-refractivity contribution >= 4 is 55.9 Å². The molecule has 0 unspecified atom stereocenters. The standard InChI is InChI=1S/C14H10BrFINO2/c1-7-4-8(17)2-3-12(7)18-13-6-11(16)10(15)5-9(13)14(19)20/h2-6,18H,1H3,(H,19,20). The largest absolute Gasteiger partial charge is 0.478 e. The van der Waals surface area contributed by atoms with Crippen LogP contribution in [0.1, 0.15) is 15.9 Å². The fraction of sp³-hybridized carbons (Fsp3) is 0.0714. The first-order valence-corrected chi connectivity index (χ1v) is 7.51. The van der Waals surface area contributed by atoms with E-state index >= 15 is 0 Å². The molecule has 0 bridgehead atoms. The van der Waals surface area contributed by atoms with Crippen molar-refractivity contribution < 1.29 is 14.3 Å². The lowest BCUT2D eigenvalue weighted by Gasteiger charge is -2.13. The minimum absolute atomic E-state index is 0.0104. The number of benzene rings is 2. The van der Waals surface area contributed by atoms with Gasteiger partial charge in [-0.05, 0) is 81.3 Å². The van der Waals surface area contributed by atoms with Crippen molar-refractivity contribution in [3.63, 3.8) is 0 Å². The second kappa shape index (κ2) is 6.09. The number of carboxylic acids is 1. The summed E-state index contributed by atoms with van der Waals surface area (Å²) >= 11 is 5.18. The number of aryl methyl sites for hydroxylation is 1. The van der Waals surface area contributed by atoms with E-state index in [-0.39, 0.29) is 15.7 Å². The average Bonchev–Trinajstić information content (AvgIpc) is 2.36. The van der Waals surface area contributed by atoms with E-state index in [1.54, 1.807) is 0 Å². The van der Waals surface area contributed by atoms with Crippen molar-refractivity contribution in [3.8, 4) is 0 Å². The van der Waals surface area contributed by atoms with Crippen LogP contribution in [0, 0.1) is 16.3 Å². The van der Waals surface area contributed by atoms with Crippen molar-refractivity contribution in [1.29, 1.82) is 0 Å². The van der Waals surface area contributed by atoms with Gasteiger partial charge < -0.3 is 10.4 Å². The summed E-state index contributed by atoms with van der Waals surface area (Å²) in [5, 5.41) is 12.2. The number of hydrogen-bond donors (Lipinski definition) is 2. The quantitative estimate of drug-likeness (QED) is 0.652. The van der Waals surface area contributed by atoms with Gasteiger partial charge >= 0.3 is 5.97 Å². The third-order valence-corrected chi connectivity index (χ3v) is 4.03. The highest BCUT2D eigenvalue weighted by Gasteiger charge is 2.15. The lowest BCUT2D eigenvalue weighted by atomic mass is 10.1. The molecule has 0 saturated carbocycles. The zero-order valence-electron chi connectivity index (χ0n) is 10.4. The van der Waals surface area contributed by atoms with E-state index in [2.05, 4.69) is 43.8 Å². The first kappa shape index (κ1) is 15.2. The van der Waals surface area contributed by atoms with E-state index in [1.807, 2.05) is 25.1 Å². The zero-order chi connectivity index (χ0) is 14.9. The molecule has 0 fully saturated rings. The SMILES string of the molecule is Cc1cc(I)ccc1Nc1cc(F)c(Br)cc1C(=O)O. The van der Waals surface area contributed by atoms with Crippen LogP contribution in [-0.4, -0.2) is 11.1 Å². The van der Waals surface area contributed by atoms with Crippen molar-refractivity contribution in [3.05, 3.63) is 55.3 Å². The molecule has 20 heavy (non-hydrogen) atoms. The normalized spacial score (nSPS) is 10.4. The van der Waals surface area contributed by atoms with Gasteiger partial charge in [0.15, 0.2) is 0 Å². The van der Waals surface area contributed by atoms with Gasteiger partial charge in [-0.2, -0.15) is 0 Å². The number of anilines is 2. The van der Waals surface area contributed by atoms with Crippen LogP contribution in [0.15, 0.2) is 34.8 Å². The number of carbonyl (C=O) groups is 1. The summed E-state index contributed by atoms with van der Waals surface area (Å²) < 4.78 is 14.8. The first-order valence-electron chi connectivity index (χ1n) is 5.64. The summed E-state index contributed by atoms with van der Waals surface area (Å²) in [5.41, 5.74) is 1.94. The van der Waals surface area contributed by atoms with Gasteiger partial charge in [0.25, 0.3) is 0 Å². The number of nitrogens with one attached hydrogen (secondary N) is 1. The lowest BCUT2D eigenvalue weighted by Crippen LogP contribution is -2.04. The third kappa shape index (κ3) is 3.29. The Kier molecular flexibility index (Phi) is 4.64. The van der Waals surface area contributed by atoms with E-state index in [1.165, 1.54) is 12.1 Å². The minimum atomic E-state index is -1.11. The van der Waals surface area contributed by atoms with Crippen LogP contribution in [0.4, 0.5) is 15.8 Å². The van der Waals surface area contributed by atoms with Crippen molar-refractivity contribution in [1.82, 2.24) is 0 Å². The predicted molar refractivity (Wildman–Crippen MR) is 88.2 cm³/mol. The predicted octanol–water partition coefficient (Wildman–Crippen LogP) is 4.94. The molecule has 0 heterocycles. The first-order chi connectivity index (χ1) is 9.38. The summed E-state index contributed by atoms with van der Waals surface area (Å²) in [7, 11) is 0. The fourth-order valence-corrected chi connectivity index (χ4v) is 2.73. The molecule has 6 heteroatoms. The molecular weight excluding hydrogens is 440 g/mol. The molecule has 0 atom stereocenters. The summed E-state index contributed by atoms with van der Waals surface area (Å²) in [6.07, 6.45) is 0. The molecule has 0 amide bonds. The van der Waals surface area contributed by atoms with E-state index in [4.69, 9.17) is 0 Å². The van der Waals surface area contributed by atoms with Crippen LogP contribution in [0.3, 0.4) is 0 Å². The maximum atomic E-state index is 13.6. The highest BCUT2D eigenvalue weighted by Crippen LogP contribution is 2.29. The van der Waals surface area contributed by atoms with Gasteiger partial charge in [-0.15, -0.1) is 0 Å². The van der Waals surface area contributed by atoms with Gasteiger partial charge in [0, 0.05) is 9.26 Å². The lowest BCUT2D eigenvalue weighted by molar-refractivity contribution is 0.0698. The van der Waals surface area contributed by atoms with Crippen molar-refractivity contribution in [2.24, 2.45) is 0 Å². The topological polar surface area (TPSA) is 49.3 Å². The monoisotopic (exact) mass is 449 g/mol. The smallest absolute Gasteiger partial charge is 0.337 e.